The van der Waals surface area contributed by atoms with Crippen LogP contribution in [0.15, 0.2) is 30.3 Å². The Morgan fingerprint density at radius 1 is 1.24 bits per heavy atom. The highest BCUT2D eigenvalue weighted by Crippen LogP contribution is 2.40. The molecule has 2 fully saturated rings. The molecule has 1 N–H and O–H groups in total. The molecule has 4 heterocycles. The van der Waals surface area contributed by atoms with Crippen LogP contribution < -0.4 is 5.32 Å². The van der Waals surface area contributed by atoms with Crippen molar-refractivity contribution in [3.05, 3.63) is 58.5 Å². The van der Waals surface area contributed by atoms with Gasteiger partial charge in [-0.05, 0) is 74.8 Å². The second-order valence-corrected chi connectivity index (χ2v) is 11.3. The number of aryl methyl sites for hydroxylation is 2. The predicted molar refractivity (Wildman–Crippen MR) is 148 cm³/mol. The van der Waals surface area contributed by atoms with E-state index in [-0.39, 0.29) is 37.7 Å². The first kappa shape index (κ1) is 29.8. The molecule has 2 aromatic rings. The van der Waals surface area contributed by atoms with Gasteiger partial charge in [-0.15, -0.1) is 0 Å². The maximum absolute atomic E-state index is 15.4. The summed E-state index contributed by atoms with van der Waals surface area (Å²) in [5.41, 5.74) is 2.77. The number of nitrogens with zero attached hydrogens (tertiary/aromatic N) is 2. The number of rotatable bonds is 12. The molecule has 1 aromatic heterocycles. The van der Waals surface area contributed by atoms with Crippen molar-refractivity contribution >= 4 is 11.8 Å². The SMILES string of the molecule is COC(=O)[C@@H](c1cccc(F)c1CO[C@@H]1CCOC1)N1CCC(C(F)(F)CCCCc2ccc3c(n2)NCCC3)C1. The van der Waals surface area contributed by atoms with Crippen molar-refractivity contribution in [3.63, 3.8) is 0 Å². The van der Waals surface area contributed by atoms with Crippen molar-refractivity contribution < 1.29 is 32.2 Å². The summed E-state index contributed by atoms with van der Waals surface area (Å²) >= 11 is 0. The lowest BCUT2D eigenvalue weighted by atomic mass is 9.94. The molecule has 0 saturated carbocycles. The van der Waals surface area contributed by atoms with Crippen molar-refractivity contribution in [2.45, 2.75) is 76.0 Å². The van der Waals surface area contributed by atoms with Gasteiger partial charge in [-0.2, -0.15) is 0 Å². The smallest absolute Gasteiger partial charge is 0.327 e. The number of unbranched alkanes of at least 4 members (excludes halogenated alkanes) is 1. The van der Waals surface area contributed by atoms with Crippen molar-refractivity contribution in [2.24, 2.45) is 5.92 Å². The first-order chi connectivity index (χ1) is 19.9. The molecule has 41 heavy (non-hydrogen) atoms. The number of benzene rings is 1. The minimum absolute atomic E-state index is 0.0259. The molecule has 0 bridgehead atoms. The number of nitrogens with one attached hydrogen (secondary N) is 1. The molecule has 5 rings (SSSR count). The van der Waals surface area contributed by atoms with Crippen LogP contribution in [0.2, 0.25) is 0 Å². The highest BCUT2D eigenvalue weighted by atomic mass is 19.3. The lowest BCUT2D eigenvalue weighted by molar-refractivity contribution is -0.147. The van der Waals surface area contributed by atoms with E-state index < -0.39 is 29.7 Å². The molecule has 1 unspecified atom stereocenters. The van der Waals surface area contributed by atoms with Gasteiger partial charge < -0.3 is 19.5 Å². The number of carbonyl (C=O) groups is 1. The summed E-state index contributed by atoms with van der Waals surface area (Å²) in [5, 5.41) is 3.32. The standard InChI is InChI=1S/C31H40F3N3O4/c1-39-30(38)28(25-8-4-9-27(32)26(25)20-41-24-13-17-40-19-24)37-16-12-22(18-37)31(33,34)14-3-2-7-23-11-10-21-6-5-15-35-29(21)36-23/h4,8-11,22,24,28H,2-3,5-7,12-20H2,1H3,(H,35,36)/t22?,24-,28-/m1/s1. The molecule has 3 aliphatic heterocycles. The second kappa shape index (κ2) is 13.5. The first-order valence-corrected chi connectivity index (χ1v) is 14.7. The Kier molecular flexibility index (Phi) is 9.83. The molecule has 3 aliphatic rings. The third-order valence-electron chi connectivity index (χ3n) is 8.55. The van der Waals surface area contributed by atoms with Crippen LogP contribution in [0, 0.1) is 11.7 Å². The van der Waals surface area contributed by atoms with Gasteiger partial charge in [0.15, 0.2) is 0 Å². The molecule has 2 saturated heterocycles. The molecule has 0 amide bonds. The number of hydrogen-bond donors (Lipinski definition) is 1. The van der Waals surface area contributed by atoms with Gasteiger partial charge in [0, 0.05) is 43.3 Å². The van der Waals surface area contributed by atoms with Gasteiger partial charge in [0.1, 0.15) is 17.7 Å². The van der Waals surface area contributed by atoms with Crippen LogP contribution in [0.1, 0.15) is 67.0 Å². The lowest BCUT2D eigenvalue weighted by Crippen LogP contribution is -2.37. The minimum Gasteiger partial charge on any atom is -0.468 e. The quantitative estimate of drug-likeness (QED) is 0.266. The summed E-state index contributed by atoms with van der Waals surface area (Å²) in [7, 11) is 1.26. The monoisotopic (exact) mass is 575 g/mol. The third kappa shape index (κ3) is 7.21. The number of alkyl halides is 2. The van der Waals surface area contributed by atoms with Crippen LogP contribution in [0.5, 0.6) is 0 Å². The van der Waals surface area contributed by atoms with E-state index in [2.05, 4.69) is 16.4 Å². The Balaban J connectivity index is 1.19. The molecule has 0 radical (unpaired) electrons. The van der Waals surface area contributed by atoms with Crippen molar-refractivity contribution in [1.29, 1.82) is 0 Å². The van der Waals surface area contributed by atoms with Crippen molar-refractivity contribution in [3.8, 4) is 0 Å². The zero-order valence-electron chi connectivity index (χ0n) is 23.7. The molecule has 7 nitrogen and oxygen atoms in total. The number of ether oxygens (including phenoxy) is 3. The van der Waals surface area contributed by atoms with Crippen molar-refractivity contribution in [1.82, 2.24) is 9.88 Å². The maximum atomic E-state index is 15.4. The summed E-state index contributed by atoms with van der Waals surface area (Å²) in [6, 6.07) is 7.60. The summed E-state index contributed by atoms with van der Waals surface area (Å²) in [5.74, 6) is -3.95. The number of anilines is 1. The van der Waals surface area contributed by atoms with Gasteiger partial charge in [0.2, 0.25) is 0 Å². The maximum Gasteiger partial charge on any atom is 0.327 e. The molecule has 0 aliphatic carbocycles. The minimum atomic E-state index is -2.88. The average Bonchev–Trinajstić information content (AvgIpc) is 3.68. The van der Waals surface area contributed by atoms with E-state index in [1.165, 1.54) is 24.8 Å². The normalized spacial score (nSPS) is 21.9. The molecular weight excluding hydrogens is 535 g/mol. The Hall–Kier alpha value is -2.69. The number of methoxy groups -OCH3 is 1. The third-order valence-corrected chi connectivity index (χ3v) is 8.55. The predicted octanol–water partition coefficient (Wildman–Crippen LogP) is 5.47. The van der Waals surface area contributed by atoms with Crippen LogP contribution in [-0.2, 0) is 38.5 Å². The Bertz CT molecular complexity index is 1190. The summed E-state index contributed by atoms with van der Waals surface area (Å²) in [6.45, 7) is 2.22. The molecule has 1 aromatic carbocycles. The molecule has 0 spiro atoms. The van der Waals surface area contributed by atoms with E-state index in [9.17, 15) is 9.18 Å². The van der Waals surface area contributed by atoms with E-state index in [1.54, 1.807) is 11.0 Å². The zero-order valence-corrected chi connectivity index (χ0v) is 23.7. The highest BCUT2D eigenvalue weighted by molar-refractivity contribution is 5.78. The number of esters is 1. The summed E-state index contributed by atoms with van der Waals surface area (Å²) in [4.78, 5) is 19.3. The fourth-order valence-corrected chi connectivity index (χ4v) is 6.16. The van der Waals surface area contributed by atoms with E-state index in [1.807, 2.05) is 6.07 Å². The number of carbonyl (C=O) groups excluding carboxylic acids is 1. The Morgan fingerprint density at radius 2 is 2.12 bits per heavy atom. The Morgan fingerprint density at radius 3 is 2.93 bits per heavy atom. The Labute approximate surface area is 239 Å². The fourth-order valence-electron chi connectivity index (χ4n) is 6.16. The molecule has 3 atom stereocenters. The number of hydrogen-bond acceptors (Lipinski definition) is 7. The average molecular weight is 576 g/mol. The van der Waals surface area contributed by atoms with E-state index in [0.29, 0.717) is 51.0 Å². The number of likely N-dealkylation sites (tertiary alicyclic amines) is 1. The largest absolute Gasteiger partial charge is 0.468 e. The van der Waals surface area contributed by atoms with Crippen molar-refractivity contribution in [2.75, 3.05) is 45.3 Å². The number of aromatic nitrogens is 1. The number of pyridine rings is 1. The zero-order chi connectivity index (χ0) is 28.8. The number of fused-ring (bicyclic) bond motifs is 1. The van der Waals surface area contributed by atoms with Gasteiger partial charge in [0.05, 0.1) is 26.4 Å². The van der Waals surface area contributed by atoms with Gasteiger partial charge in [-0.3, -0.25) is 4.90 Å². The number of halogens is 3. The van der Waals surface area contributed by atoms with E-state index >= 15 is 8.78 Å². The van der Waals surface area contributed by atoms with E-state index in [0.717, 1.165) is 30.9 Å². The lowest BCUT2D eigenvalue weighted by Gasteiger charge is -2.29. The highest BCUT2D eigenvalue weighted by Gasteiger charge is 2.46. The molecular formula is C31H40F3N3O4. The van der Waals surface area contributed by atoms with Gasteiger partial charge in [-0.1, -0.05) is 18.2 Å². The van der Waals surface area contributed by atoms with Crippen LogP contribution in [-0.4, -0.2) is 67.8 Å². The van der Waals surface area contributed by atoms with E-state index in [4.69, 9.17) is 14.2 Å². The summed E-state index contributed by atoms with van der Waals surface area (Å²) in [6.07, 6.45) is 4.37. The van der Waals surface area contributed by atoms with Gasteiger partial charge in [0.25, 0.3) is 5.92 Å². The first-order valence-electron chi connectivity index (χ1n) is 14.7. The summed E-state index contributed by atoms with van der Waals surface area (Å²) < 4.78 is 62.0. The topological polar surface area (TPSA) is 72.9 Å². The van der Waals surface area contributed by atoms with Crippen LogP contribution >= 0.6 is 0 Å². The van der Waals surface area contributed by atoms with Crippen LogP contribution in [0.4, 0.5) is 19.0 Å². The van der Waals surface area contributed by atoms with Crippen LogP contribution in [0.25, 0.3) is 0 Å². The molecule has 224 valence electrons. The van der Waals surface area contributed by atoms with Gasteiger partial charge >= 0.3 is 5.97 Å². The van der Waals surface area contributed by atoms with Crippen LogP contribution in [0.3, 0.4) is 0 Å². The van der Waals surface area contributed by atoms with Gasteiger partial charge in [-0.25, -0.2) is 22.9 Å². The molecule has 10 heteroatoms. The second-order valence-electron chi connectivity index (χ2n) is 11.3. The fraction of sp³-hybridized carbons (Fsp3) is 0.613.